The van der Waals surface area contributed by atoms with Crippen molar-refractivity contribution in [1.82, 2.24) is 9.78 Å². The van der Waals surface area contributed by atoms with Gasteiger partial charge in [0.05, 0.1) is 22.8 Å². The maximum atomic E-state index is 12.6. The molecule has 2 atom stereocenters. The molecule has 9 heteroatoms. The second-order valence-electron chi connectivity index (χ2n) is 7.58. The summed E-state index contributed by atoms with van der Waals surface area (Å²) in [6.45, 7) is 5.78. The van der Waals surface area contributed by atoms with E-state index in [2.05, 4.69) is 29.2 Å². The summed E-state index contributed by atoms with van der Waals surface area (Å²) in [5.41, 5.74) is 2.63. The van der Waals surface area contributed by atoms with Crippen LogP contribution in [0.1, 0.15) is 24.3 Å². The third-order valence-electron chi connectivity index (χ3n) is 5.06. The first-order chi connectivity index (χ1) is 14.9. The van der Waals surface area contributed by atoms with Crippen LogP contribution in [-0.2, 0) is 4.74 Å². The van der Waals surface area contributed by atoms with Gasteiger partial charge in [0, 0.05) is 42.8 Å². The van der Waals surface area contributed by atoms with Crippen LogP contribution in [0.4, 0.5) is 17.1 Å². The maximum absolute atomic E-state index is 12.6. The largest absolute Gasteiger partial charge is 0.372 e. The zero-order valence-electron chi connectivity index (χ0n) is 17.3. The molecular formula is C22H23N5O4. The van der Waals surface area contributed by atoms with Gasteiger partial charge in [-0.1, -0.05) is 0 Å². The van der Waals surface area contributed by atoms with E-state index in [0.717, 1.165) is 18.8 Å². The number of ether oxygens (including phenoxy) is 1. The number of nitrogens with one attached hydrogen (secondary N) is 1. The molecule has 1 N–H and O–H groups in total. The second kappa shape index (κ2) is 8.57. The van der Waals surface area contributed by atoms with Crippen LogP contribution in [0.5, 0.6) is 0 Å². The Balaban J connectivity index is 1.41. The Morgan fingerprint density at radius 3 is 2.26 bits per heavy atom. The number of rotatable bonds is 5. The zero-order valence-corrected chi connectivity index (χ0v) is 17.3. The third-order valence-corrected chi connectivity index (χ3v) is 5.06. The number of nitro benzene ring substituents is 1. The van der Waals surface area contributed by atoms with Crippen LogP contribution in [0.25, 0.3) is 5.69 Å². The summed E-state index contributed by atoms with van der Waals surface area (Å²) < 4.78 is 7.28. The molecule has 3 aromatic rings. The number of nitrogens with zero attached hydrogens (tertiary/aromatic N) is 4. The van der Waals surface area contributed by atoms with Crippen LogP contribution in [0, 0.1) is 10.1 Å². The lowest BCUT2D eigenvalue weighted by molar-refractivity contribution is -0.384. The molecule has 1 saturated heterocycles. The standard InChI is InChI=1S/C22H23N5O4/c1-15-13-25(14-16(2)31-15)18-5-3-17(4-6-18)23-22(28)21-11-12-26(24-21)19-7-9-20(10-8-19)27(29)30/h3-12,15-16H,13-14H2,1-2H3,(H,23,28). The molecule has 1 aromatic heterocycles. The maximum Gasteiger partial charge on any atom is 0.276 e. The van der Waals surface area contributed by atoms with Crippen LogP contribution in [0.3, 0.4) is 0 Å². The van der Waals surface area contributed by atoms with Gasteiger partial charge in [-0.2, -0.15) is 5.10 Å². The molecule has 31 heavy (non-hydrogen) atoms. The fourth-order valence-electron chi connectivity index (χ4n) is 3.66. The number of anilines is 2. The fourth-order valence-corrected chi connectivity index (χ4v) is 3.66. The number of carbonyl (C=O) groups excluding carboxylic acids is 1. The predicted octanol–water partition coefficient (Wildman–Crippen LogP) is 3.65. The van der Waals surface area contributed by atoms with E-state index in [4.69, 9.17) is 4.74 Å². The van der Waals surface area contributed by atoms with Crippen molar-refractivity contribution in [2.24, 2.45) is 0 Å². The first-order valence-corrected chi connectivity index (χ1v) is 10.0. The molecule has 4 rings (SSSR count). The lowest BCUT2D eigenvalue weighted by Gasteiger charge is -2.36. The van der Waals surface area contributed by atoms with Gasteiger partial charge in [0.15, 0.2) is 5.69 Å². The summed E-state index contributed by atoms with van der Waals surface area (Å²) in [6, 6.07) is 15.3. The molecule has 1 fully saturated rings. The summed E-state index contributed by atoms with van der Waals surface area (Å²) in [5, 5.41) is 17.9. The first-order valence-electron chi connectivity index (χ1n) is 10.0. The summed E-state index contributed by atoms with van der Waals surface area (Å²) in [5.74, 6) is -0.331. The molecule has 0 aliphatic carbocycles. The van der Waals surface area contributed by atoms with Gasteiger partial charge in [0.1, 0.15) is 0 Å². The molecule has 2 heterocycles. The number of hydrogen-bond acceptors (Lipinski definition) is 6. The van der Waals surface area contributed by atoms with Gasteiger partial charge in [-0.3, -0.25) is 14.9 Å². The minimum absolute atomic E-state index is 0.00156. The van der Waals surface area contributed by atoms with Gasteiger partial charge < -0.3 is 15.0 Å². The second-order valence-corrected chi connectivity index (χ2v) is 7.58. The fraction of sp³-hybridized carbons (Fsp3) is 0.273. The van der Waals surface area contributed by atoms with Crippen molar-refractivity contribution >= 4 is 23.0 Å². The number of amides is 1. The first kappa shape index (κ1) is 20.5. The molecule has 2 aromatic carbocycles. The van der Waals surface area contributed by atoms with Crippen LogP contribution in [0.2, 0.25) is 0 Å². The molecule has 1 aliphatic rings. The van der Waals surface area contributed by atoms with Crippen molar-refractivity contribution in [2.75, 3.05) is 23.3 Å². The number of non-ortho nitro benzene ring substituents is 1. The van der Waals surface area contributed by atoms with Gasteiger partial charge in [-0.15, -0.1) is 0 Å². The Hall–Kier alpha value is -3.72. The van der Waals surface area contributed by atoms with Crippen LogP contribution in [-0.4, -0.2) is 45.9 Å². The van der Waals surface area contributed by atoms with Crippen molar-refractivity contribution in [3.05, 3.63) is 76.6 Å². The third kappa shape index (κ3) is 4.72. The highest BCUT2D eigenvalue weighted by atomic mass is 16.6. The minimum atomic E-state index is -0.461. The number of carbonyl (C=O) groups is 1. The van der Waals surface area contributed by atoms with Gasteiger partial charge in [0.2, 0.25) is 0 Å². The topological polar surface area (TPSA) is 103 Å². The minimum Gasteiger partial charge on any atom is -0.372 e. The number of benzene rings is 2. The number of hydrogen-bond donors (Lipinski definition) is 1. The molecule has 0 radical (unpaired) electrons. The van der Waals surface area contributed by atoms with Crippen molar-refractivity contribution in [3.63, 3.8) is 0 Å². The molecule has 160 valence electrons. The Morgan fingerprint density at radius 1 is 1.03 bits per heavy atom. The highest BCUT2D eigenvalue weighted by molar-refractivity contribution is 6.02. The Bertz CT molecular complexity index is 1070. The highest BCUT2D eigenvalue weighted by Crippen LogP contribution is 2.23. The van der Waals surface area contributed by atoms with E-state index < -0.39 is 4.92 Å². The molecule has 1 aliphatic heterocycles. The quantitative estimate of drug-likeness (QED) is 0.498. The zero-order chi connectivity index (χ0) is 22.0. The van der Waals surface area contributed by atoms with E-state index in [1.165, 1.54) is 16.8 Å². The van der Waals surface area contributed by atoms with Crippen molar-refractivity contribution in [2.45, 2.75) is 26.1 Å². The summed E-state index contributed by atoms with van der Waals surface area (Å²) in [4.78, 5) is 25.2. The van der Waals surface area contributed by atoms with Gasteiger partial charge >= 0.3 is 0 Å². The van der Waals surface area contributed by atoms with E-state index in [-0.39, 0.29) is 29.5 Å². The SMILES string of the molecule is CC1CN(c2ccc(NC(=O)c3ccn(-c4ccc([N+](=O)[O-])cc4)n3)cc2)CC(C)O1. The van der Waals surface area contributed by atoms with Crippen molar-refractivity contribution in [3.8, 4) is 5.69 Å². The Morgan fingerprint density at radius 2 is 1.65 bits per heavy atom. The number of morpholine rings is 1. The molecule has 0 saturated carbocycles. The number of aromatic nitrogens is 2. The van der Waals surface area contributed by atoms with Gasteiger partial charge in [0.25, 0.3) is 11.6 Å². The molecule has 2 unspecified atom stereocenters. The predicted molar refractivity (Wildman–Crippen MR) is 117 cm³/mol. The Labute approximate surface area is 179 Å². The van der Waals surface area contributed by atoms with Crippen LogP contribution >= 0.6 is 0 Å². The van der Waals surface area contributed by atoms with E-state index in [1.807, 2.05) is 24.3 Å². The summed E-state index contributed by atoms with van der Waals surface area (Å²) in [7, 11) is 0. The normalized spacial score (nSPS) is 18.6. The van der Waals surface area contributed by atoms with Gasteiger partial charge in [-0.05, 0) is 56.3 Å². The molecule has 9 nitrogen and oxygen atoms in total. The average Bonchev–Trinajstić information content (AvgIpc) is 3.24. The highest BCUT2D eigenvalue weighted by Gasteiger charge is 2.22. The average molecular weight is 421 g/mol. The van der Waals surface area contributed by atoms with E-state index in [0.29, 0.717) is 11.4 Å². The smallest absolute Gasteiger partial charge is 0.276 e. The molecule has 0 bridgehead atoms. The van der Waals surface area contributed by atoms with Crippen LogP contribution in [0.15, 0.2) is 60.8 Å². The molecular weight excluding hydrogens is 398 g/mol. The van der Waals surface area contributed by atoms with Crippen molar-refractivity contribution in [1.29, 1.82) is 0 Å². The van der Waals surface area contributed by atoms with Crippen molar-refractivity contribution < 1.29 is 14.5 Å². The lowest BCUT2D eigenvalue weighted by atomic mass is 10.2. The van der Waals surface area contributed by atoms with E-state index >= 15 is 0 Å². The molecule has 1 amide bonds. The molecule has 0 spiro atoms. The van der Waals surface area contributed by atoms with E-state index in [9.17, 15) is 14.9 Å². The summed E-state index contributed by atoms with van der Waals surface area (Å²) in [6.07, 6.45) is 1.99. The lowest BCUT2D eigenvalue weighted by Crippen LogP contribution is -2.45. The van der Waals surface area contributed by atoms with Crippen LogP contribution < -0.4 is 10.2 Å². The Kier molecular flexibility index (Phi) is 5.68. The monoisotopic (exact) mass is 421 g/mol. The van der Waals surface area contributed by atoms with E-state index in [1.54, 1.807) is 24.4 Å². The summed E-state index contributed by atoms with van der Waals surface area (Å²) >= 11 is 0. The number of nitro groups is 1. The van der Waals surface area contributed by atoms with Gasteiger partial charge in [-0.25, -0.2) is 4.68 Å².